The summed E-state index contributed by atoms with van der Waals surface area (Å²) in [4.78, 5) is 30.0. The molecule has 0 spiro atoms. The number of imidazole rings is 1. The number of hydrogen-bond acceptors (Lipinski definition) is 5. The fraction of sp³-hybridized carbons (Fsp3) is 0.0303. The number of halogens is 1. The maximum absolute atomic E-state index is 13.5. The molecule has 4 heterocycles. The number of rotatable bonds is 6. The largest absolute Gasteiger partial charge is 0.383 e. The molecule has 0 saturated carbocycles. The maximum Gasteiger partial charge on any atom is 0.251 e. The van der Waals surface area contributed by atoms with E-state index >= 15 is 0 Å². The lowest BCUT2D eigenvalue weighted by Crippen LogP contribution is -2.22. The van der Waals surface area contributed by atoms with Crippen molar-refractivity contribution in [2.24, 2.45) is 0 Å². The lowest BCUT2D eigenvalue weighted by molar-refractivity contribution is 0.0950. The Morgan fingerprint density at radius 2 is 1.81 bits per heavy atom. The minimum Gasteiger partial charge on any atom is -0.383 e. The molecule has 42 heavy (non-hydrogen) atoms. The Hall–Kier alpha value is -5.83. The third kappa shape index (κ3) is 4.62. The van der Waals surface area contributed by atoms with Gasteiger partial charge in [-0.2, -0.15) is 0 Å². The highest BCUT2D eigenvalue weighted by molar-refractivity contribution is 5.94. The first-order valence-electron chi connectivity index (χ1n) is 13.3. The van der Waals surface area contributed by atoms with Crippen LogP contribution in [0.2, 0.25) is 0 Å². The van der Waals surface area contributed by atoms with Crippen molar-refractivity contribution in [1.29, 1.82) is 0 Å². The number of nitrogens with two attached hydrogens (primary N) is 1. The zero-order valence-electron chi connectivity index (χ0n) is 22.3. The number of carbonyl (C=O) groups excluding carboxylic acids is 1. The van der Waals surface area contributed by atoms with Crippen molar-refractivity contribution in [3.05, 3.63) is 126 Å². The van der Waals surface area contributed by atoms with Gasteiger partial charge in [-0.05, 0) is 77.7 Å². The number of anilines is 1. The number of pyridine rings is 2. The molecule has 4 aromatic heterocycles. The van der Waals surface area contributed by atoms with Crippen LogP contribution in [0.5, 0.6) is 0 Å². The van der Waals surface area contributed by atoms with E-state index in [1.54, 1.807) is 12.3 Å². The van der Waals surface area contributed by atoms with E-state index in [-0.39, 0.29) is 18.0 Å². The van der Waals surface area contributed by atoms with E-state index in [1.165, 1.54) is 18.2 Å². The van der Waals surface area contributed by atoms with Crippen molar-refractivity contribution in [3.8, 4) is 28.3 Å². The van der Waals surface area contributed by atoms with Crippen LogP contribution in [-0.2, 0) is 6.54 Å². The third-order valence-corrected chi connectivity index (χ3v) is 7.17. The molecule has 0 aliphatic rings. The number of H-pyrrole nitrogens is 1. The molecule has 8 nitrogen and oxygen atoms in total. The van der Waals surface area contributed by atoms with Gasteiger partial charge in [0.25, 0.3) is 5.91 Å². The molecule has 0 aliphatic carbocycles. The molecule has 3 aromatic carbocycles. The van der Waals surface area contributed by atoms with E-state index in [4.69, 9.17) is 15.7 Å². The molecule has 0 saturated heterocycles. The van der Waals surface area contributed by atoms with Gasteiger partial charge in [0, 0.05) is 41.3 Å². The number of fused-ring (bicyclic) bond motifs is 2. The summed E-state index contributed by atoms with van der Waals surface area (Å²) >= 11 is 0. The summed E-state index contributed by atoms with van der Waals surface area (Å²) in [7, 11) is 0. The molecular weight excluding hydrogens is 529 g/mol. The summed E-state index contributed by atoms with van der Waals surface area (Å²) in [6, 6.07) is 29.2. The standard InChI is InChI=1S/C33H24FN7O/c34-24-4-1-3-23(17-24)33(42)38-19-20-6-10-25(11-7-20)41-31(26-5-2-15-37-30(26)35)40-28-13-12-27(39-32(28)41)22-9-8-21-14-16-36-29(21)18-22/h1-18,36H,19H2,(H2,35,37)(H,38,42). The first-order valence-corrected chi connectivity index (χ1v) is 13.3. The van der Waals surface area contributed by atoms with Gasteiger partial charge in [0.1, 0.15) is 17.2 Å². The van der Waals surface area contributed by atoms with Gasteiger partial charge >= 0.3 is 0 Å². The Bertz CT molecular complexity index is 2100. The summed E-state index contributed by atoms with van der Waals surface area (Å²) < 4.78 is 15.5. The van der Waals surface area contributed by atoms with Crippen molar-refractivity contribution in [1.82, 2.24) is 29.8 Å². The third-order valence-electron chi connectivity index (χ3n) is 7.17. The number of nitrogens with zero attached hydrogens (tertiary/aromatic N) is 4. The second-order valence-electron chi connectivity index (χ2n) is 9.89. The highest BCUT2D eigenvalue weighted by Crippen LogP contribution is 2.32. The molecule has 0 unspecified atom stereocenters. The Labute approximate surface area is 239 Å². The van der Waals surface area contributed by atoms with E-state index in [1.807, 2.05) is 65.4 Å². The zero-order chi connectivity index (χ0) is 28.6. The average Bonchev–Trinajstić information content (AvgIpc) is 3.64. The molecule has 0 bridgehead atoms. The van der Waals surface area contributed by atoms with Gasteiger partial charge in [0.15, 0.2) is 11.5 Å². The van der Waals surface area contributed by atoms with Gasteiger partial charge in [-0.25, -0.2) is 19.3 Å². The number of nitrogens with one attached hydrogen (secondary N) is 2. The predicted molar refractivity (Wildman–Crippen MR) is 161 cm³/mol. The molecule has 7 rings (SSSR count). The topological polar surface area (TPSA) is 115 Å². The average molecular weight is 554 g/mol. The first kappa shape index (κ1) is 25.2. The highest BCUT2D eigenvalue weighted by atomic mass is 19.1. The number of nitrogen functional groups attached to an aromatic ring is 1. The van der Waals surface area contributed by atoms with Crippen LogP contribution >= 0.6 is 0 Å². The van der Waals surface area contributed by atoms with E-state index in [0.29, 0.717) is 28.4 Å². The molecule has 0 aliphatic heterocycles. The van der Waals surface area contributed by atoms with E-state index in [9.17, 15) is 9.18 Å². The summed E-state index contributed by atoms with van der Waals surface area (Å²) in [5, 5.41) is 3.97. The molecule has 1 amide bonds. The number of hydrogen-bond donors (Lipinski definition) is 3. The SMILES string of the molecule is Nc1ncccc1-c1nc2ccc(-c3ccc4cc[nH]c4c3)nc2n1-c1ccc(CNC(=O)c2cccc(F)c2)cc1. The first-order chi connectivity index (χ1) is 20.5. The van der Waals surface area contributed by atoms with Crippen LogP contribution in [0.25, 0.3) is 50.4 Å². The van der Waals surface area contributed by atoms with E-state index in [0.717, 1.165) is 33.4 Å². The molecule has 0 radical (unpaired) electrons. The molecule has 4 N–H and O–H groups in total. The fourth-order valence-corrected chi connectivity index (χ4v) is 5.03. The van der Waals surface area contributed by atoms with E-state index in [2.05, 4.69) is 33.5 Å². The van der Waals surface area contributed by atoms with Gasteiger partial charge < -0.3 is 16.0 Å². The van der Waals surface area contributed by atoms with Crippen LogP contribution < -0.4 is 11.1 Å². The van der Waals surface area contributed by atoms with Gasteiger partial charge in [-0.3, -0.25) is 9.36 Å². The van der Waals surface area contributed by atoms with Crippen molar-refractivity contribution in [2.75, 3.05) is 5.73 Å². The Morgan fingerprint density at radius 3 is 2.64 bits per heavy atom. The van der Waals surface area contributed by atoms with Crippen molar-refractivity contribution >= 4 is 33.8 Å². The lowest BCUT2D eigenvalue weighted by atomic mass is 10.1. The maximum atomic E-state index is 13.5. The molecule has 0 fully saturated rings. The zero-order valence-corrected chi connectivity index (χ0v) is 22.3. The minimum absolute atomic E-state index is 0.271. The quantitative estimate of drug-likeness (QED) is 0.224. The van der Waals surface area contributed by atoms with Crippen LogP contribution in [0.1, 0.15) is 15.9 Å². The number of aromatic nitrogens is 5. The van der Waals surface area contributed by atoms with Crippen LogP contribution in [0.15, 0.2) is 109 Å². The number of amides is 1. The van der Waals surface area contributed by atoms with Gasteiger partial charge in [0.05, 0.1) is 11.3 Å². The Balaban J connectivity index is 1.27. The van der Waals surface area contributed by atoms with Crippen LogP contribution in [0, 0.1) is 5.82 Å². The van der Waals surface area contributed by atoms with Crippen molar-refractivity contribution in [3.63, 3.8) is 0 Å². The van der Waals surface area contributed by atoms with Crippen LogP contribution in [0.3, 0.4) is 0 Å². The highest BCUT2D eigenvalue weighted by Gasteiger charge is 2.19. The lowest BCUT2D eigenvalue weighted by Gasteiger charge is -2.12. The predicted octanol–water partition coefficient (Wildman–Crippen LogP) is 6.28. The summed E-state index contributed by atoms with van der Waals surface area (Å²) in [5.41, 5.74) is 13.1. The van der Waals surface area contributed by atoms with E-state index < -0.39 is 5.82 Å². The van der Waals surface area contributed by atoms with Crippen LogP contribution in [-0.4, -0.2) is 30.4 Å². The fourth-order valence-electron chi connectivity index (χ4n) is 5.03. The van der Waals surface area contributed by atoms with Crippen molar-refractivity contribution in [2.45, 2.75) is 6.54 Å². The second kappa shape index (κ2) is 10.3. The number of aromatic amines is 1. The number of carbonyl (C=O) groups is 1. The summed E-state index contributed by atoms with van der Waals surface area (Å²) in [6.07, 6.45) is 3.56. The van der Waals surface area contributed by atoms with Gasteiger partial charge in [-0.15, -0.1) is 0 Å². The second-order valence-corrected chi connectivity index (χ2v) is 9.89. The molecule has 9 heteroatoms. The normalized spacial score (nSPS) is 11.3. The molecule has 0 atom stereocenters. The summed E-state index contributed by atoms with van der Waals surface area (Å²) in [6.45, 7) is 0.284. The monoisotopic (exact) mass is 553 g/mol. The van der Waals surface area contributed by atoms with Gasteiger partial charge in [-0.1, -0.05) is 30.3 Å². The van der Waals surface area contributed by atoms with Gasteiger partial charge in [0.2, 0.25) is 0 Å². The molecule has 7 aromatic rings. The smallest absolute Gasteiger partial charge is 0.251 e. The molecule has 204 valence electrons. The van der Waals surface area contributed by atoms with Crippen molar-refractivity contribution < 1.29 is 9.18 Å². The summed E-state index contributed by atoms with van der Waals surface area (Å²) in [5.74, 6) is 0.185. The molecular formula is C33H24FN7O. The minimum atomic E-state index is -0.453. The Morgan fingerprint density at radius 1 is 0.929 bits per heavy atom. The number of benzene rings is 3. The van der Waals surface area contributed by atoms with Crippen LogP contribution in [0.4, 0.5) is 10.2 Å². The Kier molecular flexibility index (Phi) is 6.16.